The third-order valence-electron chi connectivity index (χ3n) is 4.73. The standard InChI is InChI=1S/C20H24N2O.ClH/c1-15(18-13-21-14-18)20(23)22-19(17-10-6-3-7-11-17)12-16-8-4-2-5-9-16;/h2-11,15,18-19,21H,12-14H2,1H3,(H,22,23);1H. The normalized spacial score (nSPS) is 16.4. The van der Waals surface area contributed by atoms with Gasteiger partial charge in [-0.3, -0.25) is 4.79 Å². The second kappa shape index (κ2) is 8.86. The number of amides is 1. The molecule has 0 aliphatic carbocycles. The van der Waals surface area contributed by atoms with E-state index in [4.69, 9.17) is 0 Å². The van der Waals surface area contributed by atoms with Gasteiger partial charge in [-0.1, -0.05) is 67.6 Å². The lowest BCUT2D eigenvalue weighted by atomic mass is 9.87. The largest absolute Gasteiger partial charge is 0.349 e. The van der Waals surface area contributed by atoms with Crippen LogP contribution in [0.5, 0.6) is 0 Å². The molecule has 0 spiro atoms. The van der Waals surface area contributed by atoms with Crippen LogP contribution >= 0.6 is 12.4 Å². The van der Waals surface area contributed by atoms with Crippen molar-refractivity contribution in [1.29, 1.82) is 0 Å². The zero-order valence-electron chi connectivity index (χ0n) is 13.9. The summed E-state index contributed by atoms with van der Waals surface area (Å²) < 4.78 is 0. The van der Waals surface area contributed by atoms with E-state index in [1.165, 1.54) is 5.56 Å². The molecule has 2 atom stereocenters. The highest BCUT2D eigenvalue weighted by molar-refractivity contribution is 5.85. The summed E-state index contributed by atoms with van der Waals surface area (Å²) in [5.74, 6) is 0.669. The molecule has 2 aromatic rings. The lowest BCUT2D eigenvalue weighted by Crippen LogP contribution is -2.50. The van der Waals surface area contributed by atoms with Gasteiger partial charge in [0.1, 0.15) is 0 Å². The van der Waals surface area contributed by atoms with Gasteiger partial charge in [0.15, 0.2) is 0 Å². The van der Waals surface area contributed by atoms with Crippen LogP contribution in [0, 0.1) is 11.8 Å². The number of benzene rings is 2. The van der Waals surface area contributed by atoms with E-state index >= 15 is 0 Å². The Morgan fingerprint density at radius 1 is 1.08 bits per heavy atom. The van der Waals surface area contributed by atoms with E-state index in [1.807, 2.05) is 43.3 Å². The fourth-order valence-electron chi connectivity index (χ4n) is 2.97. The van der Waals surface area contributed by atoms with Crippen LogP contribution in [-0.4, -0.2) is 19.0 Å². The molecule has 1 aliphatic heterocycles. The molecule has 0 saturated carbocycles. The van der Waals surface area contributed by atoms with E-state index < -0.39 is 0 Å². The first kappa shape index (κ1) is 18.5. The van der Waals surface area contributed by atoms with Crippen molar-refractivity contribution in [2.45, 2.75) is 19.4 Å². The smallest absolute Gasteiger partial charge is 0.223 e. The molecule has 3 rings (SSSR count). The Hall–Kier alpha value is -1.84. The zero-order chi connectivity index (χ0) is 16.1. The van der Waals surface area contributed by atoms with E-state index in [1.54, 1.807) is 0 Å². The van der Waals surface area contributed by atoms with Gasteiger partial charge >= 0.3 is 0 Å². The first-order valence-corrected chi connectivity index (χ1v) is 8.34. The number of halogens is 1. The summed E-state index contributed by atoms with van der Waals surface area (Å²) in [6.45, 7) is 3.93. The molecule has 2 aromatic carbocycles. The average Bonchev–Trinajstić information content (AvgIpc) is 2.54. The average molecular weight is 345 g/mol. The highest BCUT2D eigenvalue weighted by Crippen LogP contribution is 2.21. The van der Waals surface area contributed by atoms with E-state index in [-0.39, 0.29) is 30.3 Å². The van der Waals surface area contributed by atoms with Crippen molar-refractivity contribution in [2.75, 3.05) is 13.1 Å². The van der Waals surface area contributed by atoms with Gasteiger partial charge in [0.25, 0.3) is 0 Å². The highest BCUT2D eigenvalue weighted by Gasteiger charge is 2.30. The van der Waals surface area contributed by atoms with Crippen molar-refractivity contribution in [2.24, 2.45) is 11.8 Å². The third kappa shape index (κ3) is 4.59. The van der Waals surface area contributed by atoms with Crippen LogP contribution in [0.3, 0.4) is 0 Å². The Labute approximate surface area is 150 Å². The molecule has 0 bridgehead atoms. The van der Waals surface area contributed by atoms with Gasteiger partial charge in [0.2, 0.25) is 5.91 Å². The first-order chi connectivity index (χ1) is 11.2. The van der Waals surface area contributed by atoms with E-state index in [9.17, 15) is 4.79 Å². The maximum Gasteiger partial charge on any atom is 0.223 e. The Morgan fingerprint density at radius 2 is 1.67 bits per heavy atom. The molecule has 24 heavy (non-hydrogen) atoms. The predicted octanol–water partition coefficient (Wildman–Crippen LogP) is 3.36. The molecule has 1 aliphatic rings. The number of rotatable bonds is 6. The lowest BCUT2D eigenvalue weighted by Gasteiger charge is -2.33. The zero-order valence-corrected chi connectivity index (χ0v) is 14.8. The minimum Gasteiger partial charge on any atom is -0.349 e. The van der Waals surface area contributed by atoms with Crippen molar-refractivity contribution in [1.82, 2.24) is 10.6 Å². The van der Waals surface area contributed by atoms with Gasteiger partial charge in [0, 0.05) is 5.92 Å². The van der Waals surface area contributed by atoms with Crippen LogP contribution in [-0.2, 0) is 11.2 Å². The topological polar surface area (TPSA) is 41.1 Å². The SMILES string of the molecule is CC(C(=O)NC(Cc1ccccc1)c1ccccc1)C1CNC1.Cl. The summed E-state index contributed by atoms with van der Waals surface area (Å²) in [4.78, 5) is 12.6. The summed E-state index contributed by atoms with van der Waals surface area (Å²) in [5.41, 5.74) is 2.39. The second-order valence-electron chi connectivity index (χ2n) is 6.37. The Bertz CT molecular complexity index is 629. The maximum absolute atomic E-state index is 12.6. The highest BCUT2D eigenvalue weighted by atomic mass is 35.5. The van der Waals surface area contributed by atoms with E-state index in [0.29, 0.717) is 5.92 Å². The molecular weight excluding hydrogens is 320 g/mol. The molecule has 0 aromatic heterocycles. The minimum atomic E-state index is 0. The quantitative estimate of drug-likeness (QED) is 0.843. The van der Waals surface area contributed by atoms with Crippen molar-refractivity contribution in [3.05, 3.63) is 71.8 Å². The van der Waals surface area contributed by atoms with Crippen molar-refractivity contribution >= 4 is 18.3 Å². The number of nitrogens with one attached hydrogen (secondary N) is 2. The van der Waals surface area contributed by atoms with Crippen LogP contribution in [0.1, 0.15) is 24.1 Å². The van der Waals surface area contributed by atoms with Gasteiger partial charge in [-0.2, -0.15) is 0 Å². The van der Waals surface area contributed by atoms with Crippen LogP contribution < -0.4 is 10.6 Å². The van der Waals surface area contributed by atoms with E-state index in [2.05, 4.69) is 34.9 Å². The van der Waals surface area contributed by atoms with E-state index in [0.717, 1.165) is 25.1 Å². The summed E-state index contributed by atoms with van der Waals surface area (Å²) in [5, 5.41) is 6.51. The Balaban J connectivity index is 0.00000208. The predicted molar refractivity (Wildman–Crippen MR) is 100 cm³/mol. The Kier molecular flexibility index (Phi) is 6.83. The molecular formula is C20H25ClN2O. The Morgan fingerprint density at radius 3 is 2.21 bits per heavy atom. The molecule has 1 amide bonds. The second-order valence-corrected chi connectivity index (χ2v) is 6.37. The van der Waals surface area contributed by atoms with Crippen molar-refractivity contribution < 1.29 is 4.79 Å². The van der Waals surface area contributed by atoms with Gasteiger partial charge < -0.3 is 10.6 Å². The molecule has 3 nitrogen and oxygen atoms in total. The van der Waals surface area contributed by atoms with Gasteiger partial charge in [-0.15, -0.1) is 12.4 Å². The van der Waals surface area contributed by atoms with Crippen LogP contribution in [0.25, 0.3) is 0 Å². The van der Waals surface area contributed by atoms with Gasteiger partial charge in [0.05, 0.1) is 6.04 Å². The summed E-state index contributed by atoms with van der Waals surface area (Å²) >= 11 is 0. The van der Waals surface area contributed by atoms with Crippen LogP contribution in [0.4, 0.5) is 0 Å². The van der Waals surface area contributed by atoms with Crippen molar-refractivity contribution in [3.8, 4) is 0 Å². The van der Waals surface area contributed by atoms with Crippen LogP contribution in [0.2, 0.25) is 0 Å². The van der Waals surface area contributed by atoms with Gasteiger partial charge in [-0.05, 0) is 36.6 Å². The number of hydrogen-bond acceptors (Lipinski definition) is 2. The number of hydrogen-bond donors (Lipinski definition) is 2. The molecule has 2 N–H and O–H groups in total. The first-order valence-electron chi connectivity index (χ1n) is 8.34. The molecule has 2 unspecified atom stereocenters. The van der Waals surface area contributed by atoms with Crippen LogP contribution in [0.15, 0.2) is 60.7 Å². The minimum absolute atomic E-state index is 0. The summed E-state index contributed by atoms with van der Waals surface area (Å²) in [6.07, 6.45) is 0.812. The fourth-order valence-corrected chi connectivity index (χ4v) is 2.97. The summed E-state index contributed by atoms with van der Waals surface area (Å²) in [7, 11) is 0. The van der Waals surface area contributed by atoms with Crippen molar-refractivity contribution in [3.63, 3.8) is 0 Å². The molecule has 128 valence electrons. The third-order valence-corrected chi connectivity index (χ3v) is 4.73. The molecule has 1 fully saturated rings. The summed E-state index contributed by atoms with van der Waals surface area (Å²) in [6, 6.07) is 20.6. The molecule has 1 saturated heterocycles. The fraction of sp³-hybridized carbons (Fsp3) is 0.350. The monoisotopic (exact) mass is 344 g/mol. The molecule has 4 heteroatoms. The van der Waals surface area contributed by atoms with Gasteiger partial charge in [-0.25, -0.2) is 0 Å². The number of carbonyl (C=O) groups excluding carboxylic acids is 1. The molecule has 0 radical (unpaired) electrons. The number of carbonyl (C=O) groups is 1. The lowest BCUT2D eigenvalue weighted by molar-refractivity contribution is -0.127. The molecule has 1 heterocycles. The maximum atomic E-state index is 12.6.